The van der Waals surface area contributed by atoms with Gasteiger partial charge in [0.05, 0.1) is 0 Å². The second-order valence-electron chi connectivity index (χ2n) is 10.2. The minimum Gasteiger partial charge on any atom is -0.486 e. The number of carbonyl (C=O) groups is 2. The van der Waals surface area contributed by atoms with Crippen molar-refractivity contribution >= 4 is 29.1 Å². The molecule has 10 nitrogen and oxygen atoms in total. The Bertz CT molecular complexity index is 1570. The quantitative estimate of drug-likeness (QED) is 0.316. The molecule has 2 heterocycles. The Morgan fingerprint density at radius 2 is 1.71 bits per heavy atom. The summed E-state index contributed by atoms with van der Waals surface area (Å²) >= 11 is 6.00. The fraction of sp³-hybridized carbons (Fsp3) is 0.300. The van der Waals surface area contributed by atoms with Crippen molar-refractivity contribution in [1.29, 1.82) is 0 Å². The van der Waals surface area contributed by atoms with Gasteiger partial charge in [-0.15, -0.1) is 10.2 Å². The molecule has 2 amide bonds. The number of carbonyl (C=O) groups excluding carboxylic acids is 2. The number of ether oxygens (including phenoxy) is 2. The number of nitrogens with one attached hydrogen (secondary N) is 1. The summed E-state index contributed by atoms with van der Waals surface area (Å²) in [6, 6.07) is 16.4. The van der Waals surface area contributed by atoms with E-state index in [-0.39, 0.29) is 18.5 Å². The SMILES string of the molecule is O=C(NC1CCCC1)[C@@H](c1ccc(F)cc1)N(C(=O)Cn1nnc(-c2ccc(Cl)cc2)n1)c1ccc2c(c1)OCCO2. The zero-order chi connectivity index (χ0) is 29.1. The van der Waals surface area contributed by atoms with Crippen molar-refractivity contribution in [2.45, 2.75) is 44.3 Å². The molecular weight excluding hydrogens is 563 g/mol. The van der Waals surface area contributed by atoms with E-state index in [1.54, 1.807) is 42.5 Å². The molecule has 3 aromatic carbocycles. The van der Waals surface area contributed by atoms with E-state index in [0.29, 0.717) is 52.4 Å². The van der Waals surface area contributed by atoms with Crippen LogP contribution in [0.25, 0.3) is 11.4 Å². The largest absolute Gasteiger partial charge is 0.486 e. The summed E-state index contributed by atoms with van der Waals surface area (Å²) in [5.74, 6) is 0.00541. The maximum atomic E-state index is 14.1. The van der Waals surface area contributed by atoms with E-state index in [2.05, 4.69) is 20.7 Å². The monoisotopic (exact) mass is 590 g/mol. The van der Waals surface area contributed by atoms with Crippen LogP contribution in [0.4, 0.5) is 10.1 Å². The molecule has 0 bridgehead atoms. The first kappa shape index (κ1) is 27.6. The standard InChI is InChI=1S/C30H28ClFN6O4/c31-21-9-5-20(6-10-21)29-34-36-37(35-29)18-27(39)38(24-13-14-25-26(17-24)42-16-15-41-25)28(19-7-11-22(32)12-8-19)30(40)33-23-3-1-2-4-23/h5-14,17,23,28H,1-4,15-16,18H2,(H,33,40)/t28-/m1/s1. The predicted molar refractivity (Wildman–Crippen MR) is 153 cm³/mol. The molecule has 4 aromatic rings. The van der Waals surface area contributed by atoms with Gasteiger partial charge < -0.3 is 14.8 Å². The molecule has 0 saturated heterocycles. The van der Waals surface area contributed by atoms with Crippen molar-refractivity contribution in [3.8, 4) is 22.9 Å². The Balaban J connectivity index is 1.38. The second-order valence-corrected chi connectivity index (χ2v) is 10.6. The number of amides is 2. The highest BCUT2D eigenvalue weighted by Gasteiger charge is 2.35. The molecule has 1 atom stereocenters. The van der Waals surface area contributed by atoms with E-state index >= 15 is 0 Å². The number of benzene rings is 3. The summed E-state index contributed by atoms with van der Waals surface area (Å²) in [5, 5.41) is 16.2. The van der Waals surface area contributed by atoms with Gasteiger partial charge in [0.15, 0.2) is 11.5 Å². The predicted octanol–water partition coefficient (Wildman–Crippen LogP) is 4.74. The number of hydrogen-bond donors (Lipinski definition) is 1. The van der Waals surface area contributed by atoms with Gasteiger partial charge >= 0.3 is 0 Å². The maximum absolute atomic E-state index is 14.1. The van der Waals surface area contributed by atoms with Crippen molar-refractivity contribution in [2.75, 3.05) is 18.1 Å². The van der Waals surface area contributed by atoms with E-state index < -0.39 is 17.8 Å². The number of rotatable bonds is 8. The van der Waals surface area contributed by atoms with Gasteiger partial charge in [0.2, 0.25) is 11.7 Å². The zero-order valence-corrected chi connectivity index (χ0v) is 23.3. The minimum atomic E-state index is -1.11. The number of nitrogens with zero attached hydrogens (tertiary/aromatic N) is 5. The van der Waals surface area contributed by atoms with Crippen LogP contribution in [-0.2, 0) is 16.1 Å². The number of hydrogen-bond acceptors (Lipinski definition) is 7. The van der Waals surface area contributed by atoms with Crippen LogP contribution in [0.5, 0.6) is 11.5 Å². The fourth-order valence-corrected chi connectivity index (χ4v) is 5.38. The summed E-state index contributed by atoms with van der Waals surface area (Å²) in [5.41, 5.74) is 1.53. The maximum Gasteiger partial charge on any atom is 0.251 e. The molecule has 216 valence electrons. The highest BCUT2D eigenvalue weighted by Crippen LogP contribution is 2.37. The first-order valence-corrected chi connectivity index (χ1v) is 14.1. The Morgan fingerprint density at radius 3 is 2.45 bits per heavy atom. The molecule has 1 N–H and O–H groups in total. The van der Waals surface area contributed by atoms with Gasteiger partial charge in [-0.05, 0) is 72.1 Å². The lowest BCUT2D eigenvalue weighted by atomic mass is 10.0. The third-order valence-electron chi connectivity index (χ3n) is 7.30. The molecule has 0 radical (unpaired) electrons. The molecular formula is C30H28ClFN6O4. The van der Waals surface area contributed by atoms with E-state index in [0.717, 1.165) is 25.7 Å². The fourth-order valence-electron chi connectivity index (χ4n) is 5.25. The van der Waals surface area contributed by atoms with Crippen LogP contribution in [0, 0.1) is 5.82 Å². The van der Waals surface area contributed by atoms with Gasteiger partial charge in [-0.3, -0.25) is 14.5 Å². The van der Waals surface area contributed by atoms with Gasteiger partial charge in [-0.25, -0.2) is 4.39 Å². The number of aromatic nitrogens is 4. The molecule has 1 fully saturated rings. The zero-order valence-electron chi connectivity index (χ0n) is 22.6. The van der Waals surface area contributed by atoms with Gasteiger partial charge in [0, 0.05) is 28.4 Å². The smallest absolute Gasteiger partial charge is 0.251 e. The van der Waals surface area contributed by atoms with Gasteiger partial charge in [0.1, 0.15) is 31.6 Å². The van der Waals surface area contributed by atoms with Crippen LogP contribution in [-0.4, -0.2) is 51.3 Å². The molecule has 1 aliphatic heterocycles. The van der Waals surface area contributed by atoms with Crippen LogP contribution < -0.4 is 19.7 Å². The highest BCUT2D eigenvalue weighted by atomic mass is 35.5. The third kappa shape index (κ3) is 6.06. The average molecular weight is 591 g/mol. The number of anilines is 1. The molecule has 1 saturated carbocycles. The summed E-state index contributed by atoms with van der Waals surface area (Å²) in [6.07, 6.45) is 3.75. The van der Waals surface area contributed by atoms with Crippen LogP contribution in [0.1, 0.15) is 37.3 Å². The molecule has 42 heavy (non-hydrogen) atoms. The summed E-state index contributed by atoms with van der Waals surface area (Å²) < 4.78 is 25.4. The number of halogens is 2. The van der Waals surface area contributed by atoms with Gasteiger partial charge in [-0.2, -0.15) is 4.80 Å². The van der Waals surface area contributed by atoms with E-state index in [1.165, 1.54) is 34.0 Å². The van der Waals surface area contributed by atoms with E-state index in [4.69, 9.17) is 21.1 Å². The molecule has 12 heteroatoms. The molecule has 1 aliphatic carbocycles. The van der Waals surface area contributed by atoms with Crippen molar-refractivity contribution < 1.29 is 23.5 Å². The average Bonchev–Trinajstić information content (AvgIpc) is 3.69. The van der Waals surface area contributed by atoms with Crippen LogP contribution in [0.15, 0.2) is 66.7 Å². The summed E-state index contributed by atoms with van der Waals surface area (Å²) in [4.78, 5) is 30.6. The summed E-state index contributed by atoms with van der Waals surface area (Å²) in [6.45, 7) is 0.443. The normalized spacial score (nSPS) is 15.3. The Kier molecular flexibility index (Phi) is 8.00. The summed E-state index contributed by atoms with van der Waals surface area (Å²) in [7, 11) is 0. The first-order chi connectivity index (χ1) is 20.4. The second kappa shape index (κ2) is 12.2. The van der Waals surface area contributed by atoms with Crippen LogP contribution in [0.2, 0.25) is 5.02 Å². The first-order valence-electron chi connectivity index (χ1n) is 13.8. The molecule has 0 spiro atoms. The Hall–Kier alpha value is -4.51. The number of fused-ring (bicyclic) bond motifs is 1. The van der Waals surface area contributed by atoms with Crippen molar-refractivity contribution in [2.24, 2.45) is 0 Å². The lowest BCUT2D eigenvalue weighted by Gasteiger charge is -2.33. The molecule has 1 aromatic heterocycles. The van der Waals surface area contributed by atoms with Crippen LogP contribution >= 0.6 is 11.6 Å². The number of tetrazole rings is 1. The lowest BCUT2D eigenvalue weighted by Crippen LogP contribution is -2.47. The van der Waals surface area contributed by atoms with Gasteiger partial charge in [-0.1, -0.05) is 36.6 Å². The molecule has 2 aliphatic rings. The minimum absolute atomic E-state index is 0.00316. The Labute approximate surface area is 246 Å². The van der Waals surface area contributed by atoms with Crippen molar-refractivity contribution in [1.82, 2.24) is 25.5 Å². The highest BCUT2D eigenvalue weighted by molar-refractivity contribution is 6.30. The molecule has 0 unspecified atom stereocenters. The Morgan fingerprint density at radius 1 is 1.00 bits per heavy atom. The topological polar surface area (TPSA) is 111 Å². The van der Waals surface area contributed by atoms with Gasteiger partial charge in [0.25, 0.3) is 5.91 Å². The third-order valence-corrected chi connectivity index (χ3v) is 7.55. The van der Waals surface area contributed by atoms with E-state index in [1.807, 2.05) is 0 Å². The van der Waals surface area contributed by atoms with Crippen molar-refractivity contribution in [3.05, 3.63) is 83.1 Å². The van der Waals surface area contributed by atoms with Crippen LogP contribution in [0.3, 0.4) is 0 Å². The lowest BCUT2D eigenvalue weighted by molar-refractivity contribution is -0.127. The molecule has 6 rings (SSSR count). The van der Waals surface area contributed by atoms with Crippen molar-refractivity contribution in [3.63, 3.8) is 0 Å². The van der Waals surface area contributed by atoms with E-state index in [9.17, 15) is 14.0 Å².